The number of esters is 1. The number of rotatable bonds is 6. The highest BCUT2D eigenvalue weighted by Crippen LogP contribution is 2.19. The molecule has 1 N–H and O–H groups in total. The fourth-order valence-corrected chi connectivity index (χ4v) is 2.81. The van der Waals surface area contributed by atoms with Crippen LogP contribution in [0.3, 0.4) is 0 Å². The number of carbonyl (C=O) groups excluding carboxylic acids is 2. The normalized spacial score (nSPS) is 10.3. The molecule has 3 aromatic carbocycles. The highest BCUT2D eigenvalue weighted by atomic mass is 16.5. The Balaban J connectivity index is 1.61. The second-order valence-corrected chi connectivity index (χ2v) is 6.26. The smallest absolute Gasteiger partial charge is 0.338 e. The van der Waals surface area contributed by atoms with E-state index in [2.05, 4.69) is 5.32 Å². The van der Waals surface area contributed by atoms with Gasteiger partial charge in [-0.25, -0.2) is 4.79 Å². The van der Waals surface area contributed by atoms with Crippen molar-refractivity contribution >= 4 is 17.6 Å². The summed E-state index contributed by atoms with van der Waals surface area (Å²) in [5, 5.41) is 2.84. The number of hydrogen-bond donors (Lipinski definition) is 1. The van der Waals surface area contributed by atoms with Crippen molar-refractivity contribution in [3.8, 4) is 0 Å². The summed E-state index contributed by atoms with van der Waals surface area (Å²) >= 11 is 0. The Labute approximate surface area is 158 Å². The number of hydrogen-bond acceptors (Lipinski definition) is 3. The lowest BCUT2D eigenvalue weighted by Gasteiger charge is -2.12. The summed E-state index contributed by atoms with van der Waals surface area (Å²) in [7, 11) is 0. The van der Waals surface area contributed by atoms with Gasteiger partial charge in [0.15, 0.2) is 6.61 Å². The molecule has 0 spiro atoms. The van der Waals surface area contributed by atoms with Crippen molar-refractivity contribution < 1.29 is 14.3 Å². The van der Waals surface area contributed by atoms with Crippen LogP contribution in [0.5, 0.6) is 0 Å². The lowest BCUT2D eigenvalue weighted by molar-refractivity contribution is -0.119. The minimum Gasteiger partial charge on any atom is -0.452 e. The number of carbonyl (C=O) groups is 2. The van der Waals surface area contributed by atoms with Gasteiger partial charge in [0.25, 0.3) is 5.91 Å². The molecule has 0 saturated carbocycles. The average molecular weight is 359 g/mol. The van der Waals surface area contributed by atoms with Crippen LogP contribution in [0.1, 0.15) is 27.0 Å². The van der Waals surface area contributed by atoms with E-state index in [1.54, 1.807) is 12.1 Å². The second-order valence-electron chi connectivity index (χ2n) is 6.26. The van der Waals surface area contributed by atoms with Crippen molar-refractivity contribution in [3.63, 3.8) is 0 Å². The molecule has 0 fully saturated rings. The molecule has 0 heterocycles. The first-order chi connectivity index (χ1) is 13.1. The molecule has 0 aromatic heterocycles. The minimum absolute atomic E-state index is 0.327. The van der Waals surface area contributed by atoms with E-state index < -0.39 is 5.97 Å². The first-order valence-electron chi connectivity index (χ1n) is 8.78. The van der Waals surface area contributed by atoms with Gasteiger partial charge < -0.3 is 10.1 Å². The van der Waals surface area contributed by atoms with Gasteiger partial charge in [-0.05, 0) is 42.2 Å². The van der Waals surface area contributed by atoms with Gasteiger partial charge in [0.2, 0.25) is 0 Å². The molecule has 0 radical (unpaired) electrons. The number of ether oxygens (including phenoxy) is 1. The molecule has 0 bridgehead atoms. The summed E-state index contributed by atoms with van der Waals surface area (Å²) in [6.07, 6.45) is 0.709. The number of nitrogens with one attached hydrogen (secondary N) is 1. The quantitative estimate of drug-likeness (QED) is 0.665. The van der Waals surface area contributed by atoms with Crippen LogP contribution >= 0.6 is 0 Å². The van der Waals surface area contributed by atoms with Crippen LogP contribution in [0.15, 0.2) is 78.9 Å². The van der Waals surface area contributed by atoms with Gasteiger partial charge in [0, 0.05) is 5.69 Å². The van der Waals surface area contributed by atoms with Crippen LogP contribution in [0, 0.1) is 6.92 Å². The van der Waals surface area contributed by atoms with Gasteiger partial charge in [-0.2, -0.15) is 0 Å². The third-order valence-electron chi connectivity index (χ3n) is 4.23. The molecule has 0 saturated heterocycles. The Morgan fingerprint density at radius 3 is 2.30 bits per heavy atom. The van der Waals surface area contributed by atoms with E-state index in [-0.39, 0.29) is 12.5 Å². The summed E-state index contributed by atoms with van der Waals surface area (Å²) < 4.78 is 5.15. The lowest BCUT2D eigenvalue weighted by atomic mass is 10.0. The molecule has 3 aromatic rings. The summed E-state index contributed by atoms with van der Waals surface area (Å²) in [5.41, 5.74) is 4.16. The summed E-state index contributed by atoms with van der Waals surface area (Å²) in [4.78, 5) is 24.4. The molecule has 0 atom stereocenters. The number of para-hydroxylation sites is 1. The van der Waals surface area contributed by atoms with Crippen molar-refractivity contribution in [2.75, 3.05) is 11.9 Å². The van der Waals surface area contributed by atoms with E-state index in [9.17, 15) is 9.59 Å². The lowest BCUT2D eigenvalue weighted by Crippen LogP contribution is -2.22. The van der Waals surface area contributed by atoms with Crippen LogP contribution in [-0.2, 0) is 16.0 Å². The van der Waals surface area contributed by atoms with Gasteiger partial charge in [-0.3, -0.25) is 4.79 Å². The Bertz CT molecular complexity index is 935. The first kappa shape index (κ1) is 18.4. The number of benzene rings is 3. The monoisotopic (exact) mass is 359 g/mol. The molecule has 4 nitrogen and oxygen atoms in total. The maximum absolute atomic E-state index is 12.2. The molecule has 1 amide bonds. The van der Waals surface area contributed by atoms with Crippen molar-refractivity contribution in [2.45, 2.75) is 13.3 Å². The van der Waals surface area contributed by atoms with E-state index in [0.717, 1.165) is 22.4 Å². The third kappa shape index (κ3) is 5.05. The molecule has 0 unspecified atom stereocenters. The maximum atomic E-state index is 12.2. The maximum Gasteiger partial charge on any atom is 0.338 e. The number of anilines is 1. The predicted molar refractivity (Wildman–Crippen MR) is 106 cm³/mol. The molecule has 0 aliphatic heterocycles. The van der Waals surface area contributed by atoms with Gasteiger partial charge in [-0.15, -0.1) is 0 Å². The van der Waals surface area contributed by atoms with Crippen LogP contribution < -0.4 is 5.32 Å². The molecular weight excluding hydrogens is 338 g/mol. The molecular formula is C23H21NO3. The first-order valence-corrected chi connectivity index (χ1v) is 8.78. The van der Waals surface area contributed by atoms with Crippen LogP contribution in [0.4, 0.5) is 5.69 Å². The van der Waals surface area contributed by atoms with Gasteiger partial charge >= 0.3 is 5.97 Å². The highest BCUT2D eigenvalue weighted by Gasteiger charge is 2.13. The summed E-state index contributed by atoms with van der Waals surface area (Å²) in [6, 6.07) is 24.8. The average Bonchev–Trinajstić information content (AvgIpc) is 2.69. The Hall–Kier alpha value is -3.40. The van der Waals surface area contributed by atoms with Gasteiger partial charge in [0.05, 0.1) is 5.56 Å². The zero-order valence-electron chi connectivity index (χ0n) is 15.1. The fourth-order valence-electron chi connectivity index (χ4n) is 2.81. The second kappa shape index (κ2) is 8.81. The molecule has 136 valence electrons. The zero-order valence-corrected chi connectivity index (χ0v) is 15.1. The van der Waals surface area contributed by atoms with Crippen LogP contribution in [-0.4, -0.2) is 18.5 Å². The van der Waals surface area contributed by atoms with E-state index in [4.69, 9.17) is 4.74 Å². The Morgan fingerprint density at radius 1 is 0.852 bits per heavy atom. The van der Waals surface area contributed by atoms with Gasteiger partial charge in [-0.1, -0.05) is 66.7 Å². The summed E-state index contributed by atoms with van der Waals surface area (Å²) in [5.74, 6) is -0.863. The standard InChI is InChI=1S/C23H21NO3/c1-17-9-5-7-13-20(17)23(26)27-16-22(25)24-21-14-8-6-12-19(21)15-18-10-3-2-4-11-18/h2-14H,15-16H2,1H3,(H,24,25). The summed E-state index contributed by atoms with van der Waals surface area (Å²) in [6.45, 7) is 1.50. The molecule has 27 heavy (non-hydrogen) atoms. The molecule has 0 aliphatic carbocycles. The molecule has 4 heteroatoms. The van der Waals surface area contributed by atoms with Crippen molar-refractivity contribution in [1.29, 1.82) is 0 Å². The van der Waals surface area contributed by atoms with E-state index >= 15 is 0 Å². The topological polar surface area (TPSA) is 55.4 Å². The zero-order chi connectivity index (χ0) is 19.1. The van der Waals surface area contributed by atoms with E-state index in [1.807, 2.05) is 73.7 Å². The van der Waals surface area contributed by atoms with E-state index in [1.165, 1.54) is 0 Å². The van der Waals surface area contributed by atoms with Crippen LogP contribution in [0.2, 0.25) is 0 Å². The molecule has 3 rings (SSSR count). The number of aryl methyl sites for hydroxylation is 1. The Kier molecular flexibility index (Phi) is 6.00. The largest absolute Gasteiger partial charge is 0.452 e. The molecule has 0 aliphatic rings. The SMILES string of the molecule is Cc1ccccc1C(=O)OCC(=O)Nc1ccccc1Cc1ccccc1. The van der Waals surface area contributed by atoms with E-state index in [0.29, 0.717) is 12.0 Å². The third-order valence-corrected chi connectivity index (χ3v) is 4.23. The number of amides is 1. The van der Waals surface area contributed by atoms with Gasteiger partial charge in [0.1, 0.15) is 0 Å². The van der Waals surface area contributed by atoms with Crippen molar-refractivity contribution in [2.24, 2.45) is 0 Å². The van der Waals surface area contributed by atoms with Crippen LogP contribution in [0.25, 0.3) is 0 Å². The minimum atomic E-state index is -0.499. The fraction of sp³-hybridized carbons (Fsp3) is 0.130. The van der Waals surface area contributed by atoms with Crippen molar-refractivity contribution in [3.05, 3.63) is 101 Å². The highest BCUT2D eigenvalue weighted by molar-refractivity contribution is 5.96. The predicted octanol–water partition coefficient (Wildman–Crippen LogP) is 4.38. The Morgan fingerprint density at radius 2 is 1.52 bits per heavy atom. The van der Waals surface area contributed by atoms with Crippen molar-refractivity contribution in [1.82, 2.24) is 0 Å².